The number of amides is 1. The molecule has 0 spiro atoms. The number of sulfone groups is 1. The zero-order chi connectivity index (χ0) is 11.6. The lowest BCUT2D eigenvalue weighted by Gasteiger charge is -2.09. The molecule has 0 bridgehead atoms. The average molecular weight is 231 g/mol. The summed E-state index contributed by atoms with van der Waals surface area (Å²) < 4.78 is 46.2. The molecule has 0 atom stereocenters. The first-order valence-electron chi connectivity index (χ1n) is 3.17. The van der Waals surface area contributed by atoms with Crippen LogP contribution >= 0.6 is 0 Å². The van der Waals surface area contributed by atoms with Crippen LogP contribution in [0.2, 0.25) is 0 Å². The number of carboxylic acid groups (broad SMARTS) is 1. The summed E-state index contributed by atoms with van der Waals surface area (Å²) >= 11 is 0. The molecule has 0 aliphatic heterocycles. The van der Waals surface area contributed by atoms with Crippen LogP contribution in [0.3, 0.4) is 0 Å². The van der Waals surface area contributed by atoms with Gasteiger partial charge in [0.15, 0.2) is 9.84 Å². The number of hydrogen-bond donors (Lipinski definition) is 2. The van der Waals surface area contributed by atoms with Crippen molar-refractivity contribution in [2.24, 2.45) is 5.73 Å². The molecule has 14 heavy (non-hydrogen) atoms. The smallest absolute Gasteiger partial charge is 0.375 e. The van der Waals surface area contributed by atoms with E-state index in [0.717, 1.165) is 0 Å². The highest BCUT2D eigenvalue weighted by molar-refractivity contribution is 7.92. The first-order chi connectivity index (χ1) is 6.07. The minimum absolute atomic E-state index is 1.30. The van der Waals surface area contributed by atoms with Crippen molar-refractivity contribution >= 4 is 21.7 Å². The van der Waals surface area contributed by atoms with Crippen molar-refractivity contribution in [3.05, 3.63) is 0 Å². The molecule has 0 radical (unpaired) electrons. The number of hydrogen-bond acceptors (Lipinski definition) is 4. The Hall–Kier alpha value is -1.25. The average Bonchev–Trinajstić information content (AvgIpc) is 1.79. The van der Waals surface area contributed by atoms with Crippen LogP contribution in [0.1, 0.15) is 0 Å². The van der Waals surface area contributed by atoms with Crippen LogP contribution in [0.25, 0.3) is 0 Å². The number of carboxylic acids is 1. The van der Waals surface area contributed by atoms with Gasteiger partial charge in [-0.2, -0.15) is 8.78 Å². The lowest BCUT2D eigenvalue weighted by molar-refractivity contribution is -0.161. The number of nitrogens with two attached hydrogens (primary N) is 1. The minimum atomic E-state index is -4.49. The normalized spacial score (nSPS) is 12.4. The Balaban J connectivity index is 4.68. The molecule has 9 heteroatoms. The molecule has 0 aromatic carbocycles. The van der Waals surface area contributed by atoms with Crippen molar-refractivity contribution in [3.63, 3.8) is 0 Å². The molecule has 82 valence electrons. The molecule has 0 aliphatic carbocycles. The molecule has 0 fully saturated rings. The van der Waals surface area contributed by atoms with Crippen LogP contribution in [-0.2, 0) is 19.4 Å². The van der Waals surface area contributed by atoms with Crippen LogP contribution < -0.4 is 5.73 Å². The van der Waals surface area contributed by atoms with Crippen LogP contribution in [0, 0.1) is 0 Å². The van der Waals surface area contributed by atoms with Crippen molar-refractivity contribution in [1.29, 1.82) is 0 Å². The molecule has 3 N–H and O–H groups in total. The predicted molar refractivity (Wildman–Crippen MR) is 40.4 cm³/mol. The molecule has 0 aromatic heterocycles. The Kier molecular flexibility index (Phi) is 3.52. The zero-order valence-corrected chi connectivity index (χ0v) is 7.55. The first kappa shape index (κ1) is 12.8. The molecule has 1 amide bonds. The van der Waals surface area contributed by atoms with Crippen LogP contribution in [0.4, 0.5) is 8.78 Å². The molecule has 0 heterocycles. The highest BCUT2D eigenvalue weighted by Crippen LogP contribution is 2.16. The van der Waals surface area contributed by atoms with Gasteiger partial charge in [-0.3, -0.25) is 4.79 Å². The van der Waals surface area contributed by atoms with E-state index in [2.05, 4.69) is 5.73 Å². The van der Waals surface area contributed by atoms with Crippen molar-refractivity contribution in [2.45, 2.75) is 5.92 Å². The summed E-state index contributed by atoms with van der Waals surface area (Å²) in [5.41, 5.74) is 4.46. The highest BCUT2D eigenvalue weighted by atomic mass is 32.2. The number of alkyl halides is 2. The van der Waals surface area contributed by atoms with Gasteiger partial charge in [-0.1, -0.05) is 0 Å². The molecule has 0 aromatic rings. The Morgan fingerprint density at radius 2 is 1.79 bits per heavy atom. The monoisotopic (exact) mass is 231 g/mol. The lowest BCUT2D eigenvalue weighted by Crippen LogP contribution is -2.39. The lowest BCUT2D eigenvalue weighted by atomic mass is 10.4. The standard InChI is InChI=1S/C5H7F2NO5S/c6-5(7,4(10)11)2-14(12,13)1-3(8)9/h1-2H2,(H2,8,9)(H,10,11). The van der Waals surface area contributed by atoms with Crippen molar-refractivity contribution < 1.29 is 31.9 Å². The van der Waals surface area contributed by atoms with Gasteiger partial charge >= 0.3 is 11.9 Å². The maximum Gasteiger partial charge on any atom is 0.375 e. The van der Waals surface area contributed by atoms with Gasteiger partial charge in [-0.15, -0.1) is 0 Å². The molecule has 0 saturated carbocycles. The summed E-state index contributed by atoms with van der Waals surface area (Å²) in [5.74, 6) is -11.5. The van der Waals surface area contributed by atoms with E-state index < -0.39 is 39.1 Å². The summed E-state index contributed by atoms with van der Waals surface area (Å²) in [7, 11) is -4.49. The van der Waals surface area contributed by atoms with Gasteiger partial charge in [0.2, 0.25) is 5.91 Å². The van der Waals surface area contributed by atoms with Gasteiger partial charge in [-0.05, 0) is 0 Å². The van der Waals surface area contributed by atoms with Crippen molar-refractivity contribution in [2.75, 3.05) is 11.5 Å². The molecular formula is C5H7F2NO5S. The fourth-order valence-electron chi connectivity index (χ4n) is 0.606. The van der Waals surface area contributed by atoms with Crippen molar-refractivity contribution in [3.8, 4) is 0 Å². The van der Waals surface area contributed by atoms with Crippen LogP contribution in [-0.4, -0.2) is 42.8 Å². The molecular weight excluding hydrogens is 224 g/mol. The fraction of sp³-hybridized carbons (Fsp3) is 0.600. The maximum absolute atomic E-state index is 12.4. The fourth-order valence-corrected chi connectivity index (χ4v) is 1.82. The number of aliphatic carboxylic acids is 1. The van der Waals surface area contributed by atoms with E-state index in [1.54, 1.807) is 0 Å². The number of rotatable bonds is 5. The van der Waals surface area contributed by atoms with Gasteiger partial charge in [0.25, 0.3) is 0 Å². The summed E-state index contributed by atoms with van der Waals surface area (Å²) in [6.45, 7) is 0. The molecule has 0 rings (SSSR count). The number of carbonyl (C=O) groups excluding carboxylic acids is 1. The third kappa shape index (κ3) is 4.12. The Morgan fingerprint density at radius 1 is 1.36 bits per heavy atom. The van der Waals surface area contributed by atoms with E-state index in [1.807, 2.05) is 0 Å². The largest absolute Gasteiger partial charge is 0.477 e. The third-order valence-electron chi connectivity index (χ3n) is 1.08. The molecule has 0 aliphatic rings. The molecule has 0 unspecified atom stereocenters. The van der Waals surface area contributed by atoms with E-state index in [9.17, 15) is 26.8 Å². The van der Waals surface area contributed by atoms with E-state index in [4.69, 9.17) is 5.11 Å². The molecule has 6 nitrogen and oxygen atoms in total. The van der Waals surface area contributed by atoms with Gasteiger partial charge < -0.3 is 10.8 Å². The van der Waals surface area contributed by atoms with E-state index in [1.165, 1.54) is 0 Å². The van der Waals surface area contributed by atoms with Crippen molar-refractivity contribution in [1.82, 2.24) is 0 Å². The maximum atomic E-state index is 12.4. The first-order valence-corrected chi connectivity index (χ1v) is 4.99. The quantitative estimate of drug-likeness (QED) is 0.604. The summed E-state index contributed by atoms with van der Waals surface area (Å²) in [5, 5.41) is 7.91. The second-order valence-electron chi connectivity index (χ2n) is 2.51. The van der Waals surface area contributed by atoms with E-state index in [0.29, 0.717) is 0 Å². The van der Waals surface area contributed by atoms with E-state index in [-0.39, 0.29) is 0 Å². The predicted octanol–water partition coefficient (Wildman–Crippen LogP) is -1.39. The van der Waals surface area contributed by atoms with Crippen LogP contribution in [0.15, 0.2) is 0 Å². The summed E-state index contributed by atoms with van der Waals surface area (Å²) in [4.78, 5) is 20.0. The van der Waals surface area contributed by atoms with Gasteiger partial charge in [-0.25, -0.2) is 13.2 Å². The molecule has 0 saturated heterocycles. The number of halogens is 2. The summed E-state index contributed by atoms with van der Waals surface area (Å²) in [6.07, 6.45) is 0. The third-order valence-corrected chi connectivity index (χ3v) is 2.60. The van der Waals surface area contributed by atoms with Crippen LogP contribution in [0.5, 0.6) is 0 Å². The highest BCUT2D eigenvalue weighted by Gasteiger charge is 2.43. The zero-order valence-electron chi connectivity index (χ0n) is 6.74. The number of primary amides is 1. The Labute approximate surface area is 77.6 Å². The van der Waals surface area contributed by atoms with Gasteiger partial charge in [0.05, 0.1) is 0 Å². The number of carbonyl (C=O) groups is 2. The Morgan fingerprint density at radius 3 is 2.07 bits per heavy atom. The SMILES string of the molecule is NC(=O)CS(=O)(=O)CC(F)(F)C(=O)O. The van der Waals surface area contributed by atoms with Gasteiger partial charge in [0, 0.05) is 0 Å². The van der Waals surface area contributed by atoms with E-state index >= 15 is 0 Å². The second-order valence-corrected chi connectivity index (χ2v) is 4.57. The minimum Gasteiger partial charge on any atom is -0.477 e. The topological polar surface area (TPSA) is 115 Å². The second kappa shape index (κ2) is 3.86. The Bertz CT molecular complexity index is 349. The van der Waals surface area contributed by atoms with Gasteiger partial charge in [0.1, 0.15) is 11.5 Å². The summed E-state index contributed by atoms with van der Waals surface area (Å²) in [6, 6.07) is 0.